The van der Waals surface area contributed by atoms with Gasteiger partial charge in [0.1, 0.15) is 5.56 Å². The second kappa shape index (κ2) is 7.12. The van der Waals surface area contributed by atoms with Crippen molar-refractivity contribution in [2.45, 2.75) is 0 Å². The molecule has 120 valence electrons. The SMILES string of the molecule is COc1ccc(C=NNC(=O)c2ccco2)c(C(=O)O)c1OC. The number of hydrogen-bond donors (Lipinski definition) is 2. The van der Waals surface area contributed by atoms with E-state index in [9.17, 15) is 14.7 Å². The predicted octanol–water partition coefficient (Wildman–Crippen LogP) is 1.76. The number of methoxy groups -OCH3 is 2. The Balaban J connectivity index is 2.27. The van der Waals surface area contributed by atoms with Crippen LogP contribution in [-0.4, -0.2) is 37.4 Å². The molecule has 0 saturated heterocycles. The maximum atomic E-state index is 11.7. The van der Waals surface area contributed by atoms with Crippen LogP contribution in [0, 0.1) is 0 Å². The molecule has 0 aliphatic heterocycles. The highest BCUT2D eigenvalue weighted by Crippen LogP contribution is 2.32. The van der Waals surface area contributed by atoms with Gasteiger partial charge in [-0.1, -0.05) is 0 Å². The van der Waals surface area contributed by atoms with Gasteiger partial charge < -0.3 is 19.0 Å². The lowest BCUT2D eigenvalue weighted by atomic mass is 10.1. The van der Waals surface area contributed by atoms with E-state index in [4.69, 9.17) is 13.9 Å². The first-order valence-corrected chi connectivity index (χ1v) is 6.43. The Bertz CT molecular complexity index is 737. The van der Waals surface area contributed by atoms with Gasteiger partial charge in [-0.3, -0.25) is 4.79 Å². The number of nitrogens with zero attached hydrogens (tertiary/aromatic N) is 1. The van der Waals surface area contributed by atoms with Gasteiger partial charge in [0.15, 0.2) is 17.3 Å². The van der Waals surface area contributed by atoms with Crippen molar-refractivity contribution in [1.82, 2.24) is 5.43 Å². The summed E-state index contributed by atoms with van der Waals surface area (Å²) in [5, 5.41) is 13.1. The molecule has 1 aromatic heterocycles. The zero-order valence-electron chi connectivity index (χ0n) is 12.4. The van der Waals surface area contributed by atoms with Gasteiger partial charge in [-0.05, 0) is 24.3 Å². The van der Waals surface area contributed by atoms with E-state index in [1.165, 1.54) is 38.8 Å². The largest absolute Gasteiger partial charge is 0.493 e. The molecule has 0 radical (unpaired) electrons. The van der Waals surface area contributed by atoms with Crippen LogP contribution >= 0.6 is 0 Å². The second-order valence-corrected chi connectivity index (χ2v) is 4.25. The molecule has 8 heteroatoms. The van der Waals surface area contributed by atoms with E-state index in [1.54, 1.807) is 12.1 Å². The molecule has 2 rings (SSSR count). The number of hydrogen-bond acceptors (Lipinski definition) is 6. The van der Waals surface area contributed by atoms with E-state index < -0.39 is 11.9 Å². The summed E-state index contributed by atoms with van der Waals surface area (Å²) < 4.78 is 15.1. The van der Waals surface area contributed by atoms with Crippen LogP contribution in [0.5, 0.6) is 11.5 Å². The highest BCUT2D eigenvalue weighted by molar-refractivity contribution is 6.02. The third-order valence-electron chi connectivity index (χ3n) is 2.91. The van der Waals surface area contributed by atoms with Crippen LogP contribution in [0.25, 0.3) is 0 Å². The molecule has 0 bridgehead atoms. The van der Waals surface area contributed by atoms with E-state index in [-0.39, 0.29) is 28.4 Å². The molecular formula is C15H14N2O6. The summed E-state index contributed by atoms with van der Waals surface area (Å²) in [6.07, 6.45) is 2.56. The van der Waals surface area contributed by atoms with Crippen LogP contribution in [0.4, 0.5) is 0 Å². The van der Waals surface area contributed by atoms with Crippen molar-refractivity contribution in [1.29, 1.82) is 0 Å². The van der Waals surface area contributed by atoms with Crippen molar-refractivity contribution >= 4 is 18.1 Å². The fraction of sp³-hybridized carbons (Fsp3) is 0.133. The van der Waals surface area contributed by atoms with Gasteiger partial charge in [-0.15, -0.1) is 0 Å². The van der Waals surface area contributed by atoms with Crippen molar-refractivity contribution in [3.63, 3.8) is 0 Å². The number of carbonyl (C=O) groups excluding carboxylic acids is 1. The molecule has 2 N–H and O–H groups in total. The fourth-order valence-corrected chi connectivity index (χ4v) is 1.89. The second-order valence-electron chi connectivity index (χ2n) is 4.25. The predicted molar refractivity (Wildman–Crippen MR) is 80.3 cm³/mol. The Kier molecular flexibility index (Phi) is 4.98. The summed E-state index contributed by atoms with van der Waals surface area (Å²) in [5.41, 5.74) is 2.36. The molecule has 0 aliphatic carbocycles. The van der Waals surface area contributed by atoms with Crippen molar-refractivity contribution in [2.75, 3.05) is 14.2 Å². The molecule has 0 atom stereocenters. The minimum Gasteiger partial charge on any atom is -0.493 e. The number of ether oxygens (including phenoxy) is 2. The lowest BCUT2D eigenvalue weighted by Gasteiger charge is -2.12. The molecule has 0 spiro atoms. The maximum Gasteiger partial charge on any atom is 0.340 e. The van der Waals surface area contributed by atoms with Crippen LogP contribution in [0.15, 0.2) is 40.0 Å². The van der Waals surface area contributed by atoms with Crippen LogP contribution in [0.3, 0.4) is 0 Å². The number of aromatic carboxylic acids is 1. The van der Waals surface area contributed by atoms with Crippen molar-refractivity contribution < 1.29 is 28.6 Å². The topological polar surface area (TPSA) is 110 Å². The quantitative estimate of drug-likeness (QED) is 0.620. The normalized spacial score (nSPS) is 10.5. The van der Waals surface area contributed by atoms with Crippen molar-refractivity contribution in [3.05, 3.63) is 47.4 Å². The Labute approximate surface area is 131 Å². The lowest BCUT2D eigenvalue weighted by molar-refractivity contribution is 0.0692. The number of carboxylic acids is 1. The Morgan fingerprint density at radius 1 is 1.26 bits per heavy atom. The Morgan fingerprint density at radius 2 is 2.04 bits per heavy atom. The number of benzene rings is 1. The fourth-order valence-electron chi connectivity index (χ4n) is 1.89. The average molecular weight is 318 g/mol. The molecule has 0 aliphatic rings. The minimum atomic E-state index is -1.21. The number of amides is 1. The van der Waals surface area contributed by atoms with Crippen LogP contribution in [-0.2, 0) is 0 Å². The monoisotopic (exact) mass is 318 g/mol. The van der Waals surface area contributed by atoms with Crippen molar-refractivity contribution in [2.24, 2.45) is 5.10 Å². The third-order valence-corrected chi connectivity index (χ3v) is 2.91. The van der Waals surface area contributed by atoms with Gasteiger partial charge in [0.2, 0.25) is 0 Å². The molecule has 1 aromatic carbocycles. The molecule has 0 unspecified atom stereocenters. The summed E-state index contributed by atoms with van der Waals surface area (Å²) >= 11 is 0. The molecule has 23 heavy (non-hydrogen) atoms. The van der Waals surface area contributed by atoms with E-state index in [2.05, 4.69) is 10.5 Å². The summed E-state index contributed by atoms with van der Waals surface area (Å²) in [7, 11) is 2.74. The van der Waals surface area contributed by atoms with E-state index in [0.717, 1.165) is 0 Å². The number of nitrogens with one attached hydrogen (secondary N) is 1. The van der Waals surface area contributed by atoms with E-state index in [0.29, 0.717) is 0 Å². The summed E-state index contributed by atoms with van der Waals surface area (Å²) in [6, 6.07) is 6.08. The smallest absolute Gasteiger partial charge is 0.340 e. The number of rotatable bonds is 6. The Hall–Kier alpha value is -3.29. The molecule has 0 saturated carbocycles. The average Bonchev–Trinajstić information content (AvgIpc) is 3.08. The van der Waals surface area contributed by atoms with Gasteiger partial charge >= 0.3 is 11.9 Å². The van der Waals surface area contributed by atoms with E-state index in [1.807, 2.05) is 0 Å². The molecule has 2 aromatic rings. The lowest BCUT2D eigenvalue weighted by Crippen LogP contribution is -2.17. The number of hydrazone groups is 1. The van der Waals surface area contributed by atoms with Gasteiger partial charge in [0.05, 0.1) is 26.7 Å². The zero-order chi connectivity index (χ0) is 16.8. The van der Waals surface area contributed by atoms with Gasteiger partial charge in [-0.25, -0.2) is 10.2 Å². The first kappa shape index (κ1) is 16.1. The van der Waals surface area contributed by atoms with Crippen LogP contribution in [0.1, 0.15) is 26.5 Å². The van der Waals surface area contributed by atoms with Crippen molar-refractivity contribution in [3.8, 4) is 11.5 Å². The number of carbonyl (C=O) groups is 2. The maximum absolute atomic E-state index is 11.7. The zero-order valence-corrected chi connectivity index (χ0v) is 12.4. The molecular weight excluding hydrogens is 304 g/mol. The summed E-state index contributed by atoms with van der Waals surface area (Å²) in [4.78, 5) is 23.1. The summed E-state index contributed by atoms with van der Waals surface area (Å²) in [5.74, 6) is -1.32. The molecule has 1 heterocycles. The molecule has 1 amide bonds. The molecule has 8 nitrogen and oxygen atoms in total. The van der Waals surface area contributed by atoms with Crippen LogP contribution < -0.4 is 14.9 Å². The molecule has 0 fully saturated rings. The summed E-state index contributed by atoms with van der Waals surface area (Å²) in [6.45, 7) is 0. The highest BCUT2D eigenvalue weighted by atomic mass is 16.5. The van der Waals surface area contributed by atoms with Gasteiger partial charge in [0, 0.05) is 5.56 Å². The minimum absolute atomic E-state index is 0.0707. The first-order chi connectivity index (χ1) is 11.1. The number of furan rings is 1. The first-order valence-electron chi connectivity index (χ1n) is 6.43. The van der Waals surface area contributed by atoms with E-state index >= 15 is 0 Å². The third kappa shape index (κ3) is 3.49. The van der Waals surface area contributed by atoms with Gasteiger partial charge in [-0.2, -0.15) is 5.10 Å². The number of carboxylic acid groups (broad SMARTS) is 1. The standard InChI is InChI=1S/C15H14N2O6/c1-21-10-6-5-9(12(15(19)20)13(10)22-2)8-16-17-14(18)11-4-3-7-23-11/h3-8H,1-2H3,(H,17,18)(H,19,20). The van der Waals surface area contributed by atoms with Crippen LogP contribution in [0.2, 0.25) is 0 Å². The highest BCUT2D eigenvalue weighted by Gasteiger charge is 2.20. The van der Waals surface area contributed by atoms with Gasteiger partial charge in [0.25, 0.3) is 0 Å². The Morgan fingerprint density at radius 3 is 2.61 bits per heavy atom.